The molecule has 0 unspecified atom stereocenters. The highest BCUT2D eigenvalue weighted by Crippen LogP contribution is 2.23. The SMILES string of the molecule is O=C(Nc1cccc2c1CCNC2)c1ccn(CCc2ccccc2)n1. The van der Waals surface area contributed by atoms with Crippen molar-refractivity contribution in [2.24, 2.45) is 0 Å². The monoisotopic (exact) mass is 346 g/mol. The van der Waals surface area contributed by atoms with Crippen molar-refractivity contribution >= 4 is 11.6 Å². The number of amides is 1. The zero-order valence-corrected chi connectivity index (χ0v) is 14.6. The maximum atomic E-state index is 12.6. The second-order valence-corrected chi connectivity index (χ2v) is 6.52. The summed E-state index contributed by atoms with van der Waals surface area (Å²) in [6.45, 7) is 2.55. The van der Waals surface area contributed by atoms with Crippen LogP contribution >= 0.6 is 0 Å². The van der Waals surface area contributed by atoms with Gasteiger partial charge < -0.3 is 10.6 Å². The molecular formula is C21H22N4O. The lowest BCUT2D eigenvalue weighted by Crippen LogP contribution is -2.25. The van der Waals surface area contributed by atoms with Crippen molar-refractivity contribution in [2.75, 3.05) is 11.9 Å². The van der Waals surface area contributed by atoms with Crippen LogP contribution in [0.5, 0.6) is 0 Å². The lowest BCUT2D eigenvalue weighted by molar-refractivity contribution is 0.102. The Morgan fingerprint density at radius 3 is 2.88 bits per heavy atom. The number of nitrogens with zero attached hydrogens (tertiary/aromatic N) is 2. The molecule has 2 aromatic carbocycles. The molecule has 0 aliphatic carbocycles. The van der Waals surface area contributed by atoms with Gasteiger partial charge in [-0.25, -0.2) is 0 Å². The number of hydrogen-bond donors (Lipinski definition) is 2. The third-order valence-corrected chi connectivity index (χ3v) is 4.73. The van der Waals surface area contributed by atoms with Crippen LogP contribution in [0.3, 0.4) is 0 Å². The molecule has 0 saturated heterocycles. The summed E-state index contributed by atoms with van der Waals surface area (Å²) in [4.78, 5) is 12.6. The summed E-state index contributed by atoms with van der Waals surface area (Å²) in [6.07, 6.45) is 3.68. The molecule has 2 N–H and O–H groups in total. The fraction of sp³-hybridized carbons (Fsp3) is 0.238. The Morgan fingerprint density at radius 2 is 2.00 bits per heavy atom. The van der Waals surface area contributed by atoms with E-state index in [9.17, 15) is 4.79 Å². The van der Waals surface area contributed by atoms with Crippen LogP contribution in [0.25, 0.3) is 0 Å². The smallest absolute Gasteiger partial charge is 0.276 e. The molecule has 0 bridgehead atoms. The van der Waals surface area contributed by atoms with E-state index in [0.717, 1.165) is 38.2 Å². The first-order chi connectivity index (χ1) is 12.8. The number of fused-ring (bicyclic) bond motifs is 1. The summed E-state index contributed by atoms with van der Waals surface area (Å²) in [5.74, 6) is -0.157. The average Bonchev–Trinajstić information content (AvgIpc) is 3.17. The predicted octanol–water partition coefficient (Wildman–Crippen LogP) is 3.02. The van der Waals surface area contributed by atoms with Gasteiger partial charge in [0.2, 0.25) is 0 Å². The second-order valence-electron chi connectivity index (χ2n) is 6.52. The lowest BCUT2D eigenvalue weighted by atomic mass is 9.99. The maximum absolute atomic E-state index is 12.6. The molecule has 132 valence electrons. The summed E-state index contributed by atoms with van der Waals surface area (Å²) in [5, 5.41) is 10.8. The Bertz CT molecular complexity index is 901. The van der Waals surface area contributed by atoms with Crippen LogP contribution < -0.4 is 10.6 Å². The first-order valence-electron chi connectivity index (χ1n) is 9.00. The number of anilines is 1. The van der Waals surface area contributed by atoms with E-state index < -0.39 is 0 Å². The molecule has 4 rings (SSSR count). The number of rotatable bonds is 5. The molecule has 26 heavy (non-hydrogen) atoms. The van der Waals surface area contributed by atoms with E-state index in [1.807, 2.05) is 41.2 Å². The van der Waals surface area contributed by atoms with Gasteiger partial charge in [0.25, 0.3) is 5.91 Å². The van der Waals surface area contributed by atoms with Crippen LogP contribution in [-0.4, -0.2) is 22.2 Å². The zero-order chi connectivity index (χ0) is 17.8. The first-order valence-corrected chi connectivity index (χ1v) is 9.00. The number of aromatic nitrogens is 2. The van der Waals surface area contributed by atoms with Gasteiger partial charge >= 0.3 is 0 Å². The number of carbonyl (C=O) groups is 1. The fourth-order valence-electron chi connectivity index (χ4n) is 3.33. The van der Waals surface area contributed by atoms with Gasteiger partial charge in [0.1, 0.15) is 0 Å². The topological polar surface area (TPSA) is 59.0 Å². The largest absolute Gasteiger partial charge is 0.320 e. The quantitative estimate of drug-likeness (QED) is 0.747. The van der Waals surface area contributed by atoms with Crippen LogP contribution in [0.2, 0.25) is 0 Å². The van der Waals surface area contributed by atoms with Gasteiger partial charge in [0.15, 0.2) is 5.69 Å². The Hall–Kier alpha value is -2.92. The molecule has 2 heterocycles. The van der Waals surface area contributed by atoms with Crippen LogP contribution in [0.4, 0.5) is 5.69 Å². The summed E-state index contributed by atoms with van der Waals surface area (Å²) in [6, 6.07) is 18.1. The van der Waals surface area contributed by atoms with Gasteiger partial charge in [-0.1, -0.05) is 42.5 Å². The van der Waals surface area contributed by atoms with Crippen LogP contribution in [0, 0.1) is 0 Å². The predicted molar refractivity (Wildman–Crippen MR) is 102 cm³/mol. The zero-order valence-electron chi connectivity index (χ0n) is 14.6. The Balaban J connectivity index is 1.42. The highest BCUT2D eigenvalue weighted by molar-refractivity contribution is 6.03. The molecule has 0 atom stereocenters. The van der Waals surface area contributed by atoms with E-state index in [0.29, 0.717) is 5.69 Å². The summed E-state index contributed by atoms with van der Waals surface area (Å²) in [5.41, 5.74) is 5.08. The number of nitrogens with one attached hydrogen (secondary N) is 2. The normalized spacial score (nSPS) is 13.2. The molecule has 0 fully saturated rings. The van der Waals surface area contributed by atoms with Crippen molar-refractivity contribution in [1.29, 1.82) is 0 Å². The van der Waals surface area contributed by atoms with Crippen molar-refractivity contribution in [3.8, 4) is 0 Å². The molecule has 1 aromatic heterocycles. The van der Waals surface area contributed by atoms with Gasteiger partial charge in [-0.3, -0.25) is 9.48 Å². The molecule has 5 nitrogen and oxygen atoms in total. The number of aryl methyl sites for hydroxylation is 2. The van der Waals surface area contributed by atoms with Gasteiger partial charge in [-0.05, 0) is 48.2 Å². The van der Waals surface area contributed by atoms with E-state index >= 15 is 0 Å². The minimum absolute atomic E-state index is 0.157. The molecule has 3 aromatic rings. The van der Waals surface area contributed by atoms with Crippen molar-refractivity contribution in [2.45, 2.75) is 25.9 Å². The molecule has 1 aliphatic heterocycles. The van der Waals surface area contributed by atoms with Gasteiger partial charge in [0, 0.05) is 25.0 Å². The van der Waals surface area contributed by atoms with Crippen molar-refractivity contribution < 1.29 is 4.79 Å². The molecule has 1 aliphatic rings. The van der Waals surface area contributed by atoms with E-state index in [2.05, 4.69) is 33.9 Å². The minimum Gasteiger partial charge on any atom is -0.320 e. The van der Waals surface area contributed by atoms with E-state index in [1.54, 1.807) is 6.07 Å². The molecule has 0 saturated carbocycles. The van der Waals surface area contributed by atoms with Gasteiger partial charge in [0.05, 0.1) is 0 Å². The van der Waals surface area contributed by atoms with Crippen LogP contribution in [-0.2, 0) is 25.9 Å². The highest BCUT2D eigenvalue weighted by atomic mass is 16.1. The van der Waals surface area contributed by atoms with E-state index in [-0.39, 0.29) is 5.91 Å². The maximum Gasteiger partial charge on any atom is 0.276 e. The number of benzene rings is 2. The van der Waals surface area contributed by atoms with Gasteiger partial charge in [-0.2, -0.15) is 5.10 Å². The molecule has 0 spiro atoms. The second kappa shape index (κ2) is 7.54. The standard InChI is InChI=1S/C21H22N4O/c26-21(23-19-8-4-7-17-15-22-12-9-18(17)19)20-11-14-25(24-20)13-10-16-5-2-1-3-6-16/h1-8,11,14,22H,9-10,12-13,15H2,(H,23,26). The minimum atomic E-state index is -0.157. The molecule has 0 radical (unpaired) electrons. The molecule has 1 amide bonds. The highest BCUT2D eigenvalue weighted by Gasteiger charge is 2.16. The summed E-state index contributed by atoms with van der Waals surface area (Å²) < 4.78 is 1.83. The number of hydrogen-bond acceptors (Lipinski definition) is 3. The van der Waals surface area contributed by atoms with E-state index in [4.69, 9.17) is 0 Å². The molecule has 5 heteroatoms. The third kappa shape index (κ3) is 3.68. The van der Waals surface area contributed by atoms with Gasteiger partial charge in [-0.15, -0.1) is 0 Å². The van der Waals surface area contributed by atoms with Crippen LogP contribution in [0.1, 0.15) is 27.2 Å². The number of carbonyl (C=O) groups excluding carboxylic acids is 1. The first kappa shape index (κ1) is 16.5. The Morgan fingerprint density at radius 1 is 1.12 bits per heavy atom. The van der Waals surface area contributed by atoms with E-state index in [1.165, 1.54) is 16.7 Å². The summed E-state index contributed by atoms with van der Waals surface area (Å²) in [7, 11) is 0. The van der Waals surface area contributed by atoms with Crippen molar-refractivity contribution in [1.82, 2.24) is 15.1 Å². The average molecular weight is 346 g/mol. The summed E-state index contributed by atoms with van der Waals surface area (Å²) >= 11 is 0. The van der Waals surface area contributed by atoms with Crippen molar-refractivity contribution in [3.63, 3.8) is 0 Å². The van der Waals surface area contributed by atoms with Crippen LogP contribution in [0.15, 0.2) is 60.8 Å². The third-order valence-electron chi connectivity index (χ3n) is 4.73. The Labute approximate surface area is 153 Å². The van der Waals surface area contributed by atoms with Crippen molar-refractivity contribution in [3.05, 3.63) is 83.2 Å². The molecular weight excluding hydrogens is 324 g/mol. The Kier molecular flexibility index (Phi) is 4.80. The fourth-order valence-corrected chi connectivity index (χ4v) is 3.33. The lowest BCUT2D eigenvalue weighted by Gasteiger charge is -2.20.